The Hall–Kier alpha value is -2.98. The van der Waals surface area contributed by atoms with Gasteiger partial charge in [-0.15, -0.1) is 0 Å². The number of rotatable bonds is 0. The summed E-state index contributed by atoms with van der Waals surface area (Å²) in [6.07, 6.45) is 6.78. The monoisotopic (exact) mass is 454 g/mol. The average Bonchev–Trinajstić information content (AvgIpc) is 3.37. The third kappa shape index (κ3) is 3.31. The van der Waals surface area contributed by atoms with E-state index in [1.807, 2.05) is 36.4 Å². The fourth-order valence-electron chi connectivity index (χ4n) is 7.44. The lowest BCUT2D eigenvalue weighted by Gasteiger charge is -2.50. The van der Waals surface area contributed by atoms with Crippen molar-refractivity contribution in [3.8, 4) is 5.75 Å². The molecule has 0 bridgehead atoms. The average molecular weight is 455 g/mol. The first kappa shape index (κ1) is 21.5. The highest BCUT2D eigenvalue weighted by Crippen LogP contribution is 2.60. The van der Waals surface area contributed by atoms with Crippen molar-refractivity contribution in [2.24, 2.45) is 17.3 Å². The van der Waals surface area contributed by atoms with Crippen molar-refractivity contribution in [1.29, 1.82) is 0 Å². The molecule has 3 aliphatic carbocycles. The van der Waals surface area contributed by atoms with E-state index in [-0.39, 0.29) is 11.5 Å². The van der Waals surface area contributed by atoms with Gasteiger partial charge >= 0.3 is 0 Å². The molecule has 1 aromatic heterocycles. The lowest BCUT2D eigenvalue weighted by molar-refractivity contribution is -0.0226. The number of phenols is 1. The molecule has 0 amide bonds. The first-order chi connectivity index (χ1) is 16.5. The van der Waals surface area contributed by atoms with Crippen molar-refractivity contribution >= 4 is 27.5 Å². The number of phenolic OH excluding ortho intramolecular Hbond substituents is 1. The number of aromatic nitrogens is 1. The highest BCUT2D eigenvalue weighted by Gasteiger charge is 2.54. The Bertz CT molecular complexity index is 1360. The molecule has 0 unspecified atom stereocenters. The third-order valence-corrected chi connectivity index (χ3v) is 9.23. The normalized spacial score (nSPS) is 29.7. The second-order valence-corrected chi connectivity index (χ2v) is 10.9. The SMILES string of the molecule is C[C@]12CC[C@@H]3c4ccc(O)cc4CC[C@H]3[C@@H]1CC[C@@H]2O.Nc1cccc2c1[nH]c1ccccc12. The number of para-hydroxylation sites is 2. The van der Waals surface area contributed by atoms with Crippen LogP contribution in [0.5, 0.6) is 5.75 Å². The predicted molar refractivity (Wildman–Crippen MR) is 139 cm³/mol. The summed E-state index contributed by atoms with van der Waals surface area (Å²) in [5.74, 6) is 2.49. The maximum absolute atomic E-state index is 10.4. The number of H-pyrrole nitrogens is 1. The molecule has 1 heterocycles. The topological polar surface area (TPSA) is 82.3 Å². The Morgan fingerprint density at radius 3 is 2.65 bits per heavy atom. The van der Waals surface area contributed by atoms with Gasteiger partial charge in [0.05, 0.1) is 17.3 Å². The second kappa shape index (κ2) is 8.06. The summed E-state index contributed by atoms with van der Waals surface area (Å²) < 4.78 is 0. The summed E-state index contributed by atoms with van der Waals surface area (Å²) in [6.45, 7) is 2.32. The minimum absolute atomic E-state index is 0.0883. The molecule has 0 spiro atoms. The molecule has 0 radical (unpaired) electrons. The number of aromatic hydroxyl groups is 1. The Morgan fingerprint density at radius 2 is 1.76 bits per heavy atom. The summed E-state index contributed by atoms with van der Waals surface area (Å²) in [5, 5.41) is 22.5. The number of aryl methyl sites for hydroxylation is 1. The Kier molecular flexibility index (Phi) is 5.11. The van der Waals surface area contributed by atoms with Crippen LogP contribution < -0.4 is 5.73 Å². The Balaban J connectivity index is 0.000000136. The zero-order valence-electron chi connectivity index (χ0n) is 19.8. The van der Waals surface area contributed by atoms with Gasteiger partial charge < -0.3 is 20.9 Å². The zero-order valence-corrected chi connectivity index (χ0v) is 19.8. The predicted octanol–water partition coefficient (Wildman–Crippen LogP) is 6.51. The number of aliphatic hydroxyl groups is 1. The molecule has 4 aromatic rings. The fraction of sp³-hybridized carbons (Fsp3) is 0.400. The molecule has 176 valence electrons. The molecule has 34 heavy (non-hydrogen) atoms. The minimum Gasteiger partial charge on any atom is -0.508 e. The number of anilines is 1. The highest BCUT2D eigenvalue weighted by molar-refractivity contribution is 6.10. The number of hydrogen-bond donors (Lipinski definition) is 4. The van der Waals surface area contributed by atoms with Gasteiger partial charge in [0, 0.05) is 16.3 Å². The standard InChI is InChI=1S/C18H24O2.C12H10N2/c1-18-9-8-14-13-5-3-12(19)10-11(13)2-4-15(14)16(18)6-7-17(18)20;13-10-6-3-5-9-8-4-1-2-7-11(8)14-12(9)10/h3,5,10,14-17,19-20H,2,4,6-9H2,1H3;1-7,14H,13H2/t14-,15-,16+,17+,18+;/m1./s1. The zero-order chi connectivity index (χ0) is 23.4. The number of hydrogen-bond acceptors (Lipinski definition) is 3. The van der Waals surface area contributed by atoms with Gasteiger partial charge in [-0.1, -0.05) is 43.3 Å². The summed E-state index contributed by atoms with van der Waals surface area (Å²) >= 11 is 0. The maximum Gasteiger partial charge on any atom is 0.115 e. The minimum atomic E-state index is -0.0883. The van der Waals surface area contributed by atoms with Crippen molar-refractivity contribution in [3.05, 3.63) is 71.8 Å². The lowest BCUT2D eigenvalue weighted by atomic mass is 9.55. The Labute approximate surface area is 200 Å². The van der Waals surface area contributed by atoms with Crippen molar-refractivity contribution < 1.29 is 10.2 Å². The van der Waals surface area contributed by atoms with E-state index in [4.69, 9.17) is 5.73 Å². The largest absolute Gasteiger partial charge is 0.508 e. The van der Waals surface area contributed by atoms with Gasteiger partial charge in [0.25, 0.3) is 0 Å². The lowest BCUT2D eigenvalue weighted by Crippen LogP contribution is -2.43. The molecule has 2 saturated carbocycles. The number of fused-ring (bicyclic) bond motifs is 8. The summed E-state index contributed by atoms with van der Waals surface area (Å²) in [5.41, 5.74) is 11.9. The van der Waals surface area contributed by atoms with E-state index in [2.05, 4.69) is 36.2 Å². The van der Waals surface area contributed by atoms with Crippen LogP contribution in [0, 0.1) is 17.3 Å². The molecule has 7 rings (SSSR count). The Morgan fingerprint density at radius 1 is 0.941 bits per heavy atom. The molecule has 4 nitrogen and oxygen atoms in total. The molecule has 4 heteroatoms. The summed E-state index contributed by atoms with van der Waals surface area (Å²) in [4.78, 5) is 3.32. The molecular weight excluding hydrogens is 420 g/mol. The first-order valence-electron chi connectivity index (χ1n) is 12.7. The van der Waals surface area contributed by atoms with Gasteiger partial charge in [-0.25, -0.2) is 0 Å². The van der Waals surface area contributed by atoms with E-state index >= 15 is 0 Å². The van der Waals surface area contributed by atoms with Crippen LogP contribution in [0.2, 0.25) is 0 Å². The van der Waals surface area contributed by atoms with Gasteiger partial charge in [-0.2, -0.15) is 0 Å². The maximum atomic E-state index is 10.4. The highest BCUT2D eigenvalue weighted by atomic mass is 16.3. The van der Waals surface area contributed by atoms with Crippen molar-refractivity contribution in [2.75, 3.05) is 5.73 Å². The molecule has 3 aromatic carbocycles. The number of nitrogen functional groups attached to an aromatic ring is 1. The number of nitrogens with one attached hydrogen (secondary N) is 1. The van der Waals surface area contributed by atoms with Gasteiger partial charge in [-0.3, -0.25) is 0 Å². The van der Waals surface area contributed by atoms with E-state index in [9.17, 15) is 10.2 Å². The van der Waals surface area contributed by atoms with E-state index in [1.54, 1.807) is 0 Å². The molecule has 5 atom stereocenters. The molecular formula is C30H34N2O2. The van der Waals surface area contributed by atoms with Crippen LogP contribution in [0.25, 0.3) is 21.8 Å². The van der Waals surface area contributed by atoms with Gasteiger partial charge in [0.1, 0.15) is 5.75 Å². The van der Waals surface area contributed by atoms with Gasteiger partial charge in [-0.05, 0) is 97.1 Å². The van der Waals surface area contributed by atoms with Crippen LogP contribution in [-0.2, 0) is 6.42 Å². The van der Waals surface area contributed by atoms with Crippen LogP contribution in [0.1, 0.15) is 56.1 Å². The number of benzene rings is 3. The van der Waals surface area contributed by atoms with Gasteiger partial charge in [0.2, 0.25) is 0 Å². The van der Waals surface area contributed by atoms with Crippen molar-refractivity contribution in [1.82, 2.24) is 4.98 Å². The van der Waals surface area contributed by atoms with Gasteiger partial charge in [0.15, 0.2) is 0 Å². The van der Waals surface area contributed by atoms with Crippen molar-refractivity contribution in [2.45, 2.75) is 57.5 Å². The molecule has 0 saturated heterocycles. The van der Waals surface area contributed by atoms with Crippen LogP contribution in [-0.4, -0.2) is 21.3 Å². The molecule has 0 aliphatic heterocycles. The number of aromatic amines is 1. The number of aliphatic hydroxyl groups excluding tert-OH is 1. The van der Waals surface area contributed by atoms with Crippen LogP contribution in [0.15, 0.2) is 60.7 Å². The third-order valence-electron chi connectivity index (χ3n) is 9.23. The molecule has 2 fully saturated rings. The van der Waals surface area contributed by atoms with Crippen LogP contribution >= 0.6 is 0 Å². The van der Waals surface area contributed by atoms with E-state index in [0.29, 0.717) is 17.6 Å². The molecule has 3 aliphatic rings. The smallest absolute Gasteiger partial charge is 0.115 e. The number of nitrogens with two attached hydrogens (primary N) is 1. The second-order valence-electron chi connectivity index (χ2n) is 10.9. The van der Waals surface area contributed by atoms with Crippen LogP contribution in [0.4, 0.5) is 5.69 Å². The van der Waals surface area contributed by atoms with Crippen LogP contribution in [0.3, 0.4) is 0 Å². The summed E-state index contributed by atoms with van der Waals surface area (Å²) in [7, 11) is 0. The summed E-state index contributed by atoms with van der Waals surface area (Å²) in [6, 6.07) is 20.2. The van der Waals surface area contributed by atoms with E-state index in [0.717, 1.165) is 41.9 Å². The first-order valence-corrected chi connectivity index (χ1v) is 12.7. The fourth-order valence-corrected chi connectivity index (χ4v) is 7.44. The van der Waals surface area contributed by atoms with E-state index in [1.165, 1.54) is 41.2 Å². The quantitative estimate of drug-likeness (QED) is 0.229. The van der Waals surface area contributed by atoms with Crippen molar-refractivity contribution in [3.63, 3.8) is 0 Å². The van der Waals surface area contributed by atoms with E-state index < -0.39 is 0 Å². The molecule has 5 N–H and O–H groups in total.